The Morgan fingerprint density at radius 1 is 1.25 bits per heavy atom. The number of halogens is 3. The van der Waals surface area contributed by atoms with E-state index in [-0.39, 0.29) is 29.8 Å². The second kappa shape index (κ2) is 9.30. The molecule has 0 aliphatic carbocycles. The van der Waals surface area contributed by atoms with Crippen LogP contribution in [0.3, 0.4) is 0 Å². The van der Waals surface area contributed by atoms with Crippen LogP contribution in [0.25, 0.3) is 16.6 Å². The van der Waals surface area contributed by atoms with Gasteiger partial charge in [-0.2, -0.15) is 18.4 Å². The van der Waals surface area contributed by atoms with Gasteiger partial charge in [0.1, 0.15) is 23.9 Å². The van der Waals surface area contributed by atoms with E-state index in [4.69, 9.17) is 4.74 Å². The van der Waals surface area contributed by atoms with E-state index in [1.807, 2.05) is 0 Å². The maximum atomic E-state index is 12.7. The van der Waals surface area contributed by atoms with Gasteiger partial charge in [0, 0.05) is 6.42 Å². The molecule has 1 heterocycles. The third-order valence-corrected chi connectivity index (χ3v) is 4.51. The summed E-state index contributed by atoms with van der Waals surface area (Å²) in [5, 5.41) is 22.1. The molecule has 0 radical (unpaired) electrons. The van der Waals surface area contributed by atoms with E-state index in [2.05, 4.69) is 15.1 Å². The zero-order chi connectivity index (χ0) is 23.3. The van der Waals surface area contributed by atoms with Gasteiger partial charge in [0.2, 0.25) is 0 Å². The molecule has 3 aromatic rings. The summed E-state index contributed by atoms with van der Waals surface area (Å²) >= 11 is 0. The minimum atomic E-state index is -4.63. The molecule has 0 unspecified atom stereocenters. The molecule has 0 aliphatic heterocycles. The molecular weight excluding hydrogens is 429 g/mol. The Bertz CT molecular complexity index is 1210. The topological polar surface area (TPSA) is 128 Å². The molecule has 0 fully saturated rings. The van der Waals surface area contributed by atoms with Gasteiger partial charge in [-0.25, -0.2) is 4.98 Å². The second-order valence-electron chi connectivity index (χ2n) is 6.63. The maximum Gasteiger partial charge on any atom is 0.416 e. The average Bonchev–Trinajstić information content (AvgIpc) is 3.19. The summed E-state index contributed by atoms with van der Waals surface area (Å²) in [5.74, 6) is -1.21. The summed E-state index contributed by atoms with van der Waals surface area (Å²) in [5.41, 5.74) is -0.281. The van der Waals surface area contributed by atoms with Crippen LogP contribution in [0.4, 0.5) is 18.9 Å². The van der Waals surface area contributed by atoms with Crippen LogP contribution in [0.5, 0.6) is 0 Å². The van der Waals surface area contributed by atoms with E-state index < -0.39 is 35.8 Å². The zero-order valence-electron chi connectivity index (χ0n) is 16.3. The number of hydrogen-bond donors (Lipinski definition) is 2. The Morgan fingerprint density at radius 3 is 2.66 bits per heavy atom. The van der Waals surface area contributed by atoms with Crippen LogP contribution in [-0.2, 0) is 22.1 Å². The number of esters is 1. The summed E-state index contributed by atoms with van der Waals surface area (Å²) in [7, 11) is 0. The number of nitroso groups, excluding NO2 is 1. The number of aryl methyl sites for hydroxylation is 1. The fourth-order valence-corrected chi connectivity index (χ4v) is 2.89. The number of aromatic amines is 1. The molecule has 1 aromatic heterocycles. The summed E-state index contributed by atoms with van der Waals surface area (Å²) in [4.78, 5) is 29.9. The number of nitriles is 1. The van der Waals surface area contributed by atoms with Gasteiger partial charge in [-0.05, 0) is 41.4 Å². The number of nitrogens with zero attached hydrogens (tertiary/aromatic N) is 3. The first-order valence-corrected chi connectivity index (χ1v) is 9.19. The third kappa shape index (κ3) is 5.10. The molecule has 0 spiro atoms. The number of nitrogens with one attached hydrogen (secondary N) is 1. The van der Waals surface area contributed by atoms with Gasteiger partial charge < -0.3 is 14.8 Å². The molecule has 32 heavy (non-hydrogen) atoms. The summed E-state index contributed by atoms with van der Waals surface area (Å²) in [6.45, 7) is -0.607. The Balaban J connectivity index is 1.64. The van der Waals surface area contributed by atoms with Crippen molar-refractivity contribution in [2.24, 2.45) is 5.18 Å². The Labute approximate surface area is 178 Å². The van der Waals surface area contributed by atoms with Crippen LogP contribution in [0.15, 0.2) is 53.4 Å². The number of ether oxygens (including phenoxy) is 1. The van der Waals surface area contributed by atoms with Gasteiger partial charge in [-0.15, -0.1) is 4.91 Å². The van der Waals surface area contributed by atoms with E-state index in [1.165, 1.54) is 0 Å². The molecule has 0 saturated heterocycles. The van der Waals surface area contributed by atoms with E-state index in [1.54, 1.807) is 30.3 Å². The number of aliphatic hydroxyl groups excluding tert-OH is 1. The fraction of sp³-hybridized carbons (Fsp3) is 0.190. The van der Waals surface area contributed by atoms with Crippen LogP contribution in [0, 0.1) is 16.2 Å². The number of para-hydroxylation sites is 2. The van der Waals surface area contributed by atoms with Gasteiger partial charge in [-0.3, -0.25) is 4.79 Å². The predicted octanol–water partition coefficient (Wildman–Crippen LogP) is 4.95. The van der Waals surface area contributed by atoms with Crippen molar-refractivity contribution in [2.45, 2.75) is 19.0 Å². The number of fused-ring (bicyclic) bond motifs is 1. The molecule has 0 aliphatic rings. The number of carbonyl (C=O) groups is 1. The normalized spacial score (nSPS) is 12.2. The molecule has 164 valence electrons. The number of benzene rings is 2. The van der Waals surface area contributed by atoms with Crippen LogP contribution in [0.2, 0.25) is 0 Å². The molecule has 3 rings (SSSR count). The minimum Gasteiger partial charge on any atom is -0.507 e. The van der Waals surface area contributed by atoms with Crippen LogP contribution < -0.4 is 0 Å². The Kier molecular flexibility index (Phi) is 6.53. The predicted molar refractivity (Wildman–Crippen MR) is 107 cm³/mol. The number of carbonyl (C=O) groups excluding carboxylic acids is 1. The van der Waals surface area contributed by atoms with Crippen LogP contribution >= 0.6 is 0 Å². The van der Waals surface area contributed by atoms with Crippen molar-refractivity contribution < 1.29 is 27.8 Å². The van der Waals surface area contributed by atoms with Crippen molar-refractivity contribution in [1.29, 1.82) is 5.26 Å². The first-order chi connectivity index (χ1) is 15.2. The van der Waals surface area contributed by atoms with Crippen LogP contribution in [-0.4, -0.2) is 27.7 Å². The summed E-state index contributed by atoms with van der Waals surface area (Å²) in [6, 6.07) is 11.2. The highest BCUT2D eigenvalue weighted by molar-refractivity contribution is 5.83. The number of hydrogen-bond acceptors (Lipinski definition) is 7. The molecule has 8 nitrogen and oxygen atoms in total. The van der Waals surface area contributed by atoms with E-state index in [0.29, 0.717) is 17.1 Å². The van der Waals surface area contributed by atoms with Crippen molar-refractivity contribution in [3.8, 4) is 6.07 Å². The number of aliphatic hydroxyl groups is 1. The molecule has 11 heteroatoms. The third-order valence-electron chi connectivity index (χ3n) is 4.51. The van der Waals surface area contributed by atoms with E-state index in [9.17, 15) is 33.2 Å². The lowest BCUT2D eigenvalue weighted by Crippen LogP contribution is -2.10. The van der Waals surface area contributed by atoms with E-state index >= 15 is 0 Å². The zero-order valence-corrected chi connectivity index (χ0v) is 16.3. The van der Waals surface area contributed by atoms with Crippen molar-refractivity contribution >= 4 is 28.3 Å². The summed E-state index contributed by atoms with van der Waals surface area (Å²) in [6.07, 6.45) is -5.01. The highest BCUT2D eigenvalue weighted by Crippen LogP contribution is 2.33. The van der Waals surface area contributed by atoms with Gasteiger partial charge in [-0.1, -0.05) is 18.2 Å². The smallest absolute Gasteiger partial charge is 0.416 e. The highest BCUT2D eigenvalue weighted by atomic mass is 19.4. The largest absolute Gasteiger partial charge is 0.507 e. The minimum absolute atomic E-state index is 0.1000. The highest BCUT2D eigenvalue weighted by Gasteiger charge is 2.31. The summed E-state index contributed by atoms with van der Waals surface area (Å²) < 4.78 is 43.1. The monoisotopic (exact) mass is 444 g/mol. The lowest BCUT2D eigenvalue weighted by Gasteiger charge is -2.10. The van der Waals surface area contributed by atoms with Crippen molar-refractivity contribution in [3.63, 3.8) is 0 Å². The fourth-order valence-electron chi connectivity index (χ4n) is 2.89. The van der Waals surface area contributed by atoms with Crippen LogP contribution in [0.1, 0.15) is 23.4 Å². The average molecular weight is 444 g/mol. The van der Waals surface area contributed by atoms with Crippen molar-refractivity contribution in [1.82, 2.24) is 9.97 Å². The number of imidazole rings is 1. The lowest BCUT2D eigenvalue weighted by molar-refractivity contribution is -0.143. The van der Waals surface area contributed by atoms with Crippen molar-refractivity contribution in [2.75, 3.05) is 6.61 Å². The molecule has 0 bridgehead atoms. The number of allylic oxidation sites excluding steroid dienone is 1. The lowest BCUT2D eigenvalue weighted by atomic mass is 10.0. The molecule has 0 saturated carbocycles. The second-order valence-corrected chi connectivity index (χ2v) is 6.63. The quantitative estimate of drug-likeness (QED) is 0.230. The van der Waals surface area contributed by atoms with Gasteiger partial charge in [0.25, 0.3) is 0 Å². The Morgan fingerprint density at radius 2 is 2.00 bits per heavy atom. The first-order valence-electron chi connectivity index (χ1n) is 9.19. The van der Waals surface area contributed by atoms with E-state index in [0.717, 1.165) is 12.1 Å². The Hall–Kier alpha value is -4.20. The van der Waals surface area contributed by atoms with Crippen molar-refractivity contribution in [3.05, 3.63) is 70.1 Å². The SMILES string of the molecule is N#CC(=C(O)COC(=O)CCc1ccc(C(F)(F)F)cc1N=O)c1nc2ccccc2[nH]1. The molecule has 2 aromatic carbocycles. The standard InChI is InChI=1S/C21H15F3N4O4/c22-21(23,24)13-7-5-12(17(9-13)28-31)6-8-19(30)32-11-18(29)14(10-25)20-26-15-3-1-2-4-16(15)27-20/h1-5,7,9,29H,6,8,11H2,(H,26,27). The number of aromatic nitrogens is 2. The molecular formula is C21H15F3N4O4. The van der Waals surface area contributed by atoms with Gasteiger partial charge in [0.05, 0.1) is 16.6 Å². The maximum absolute atomic E-state index is 12.7. The number of rotatable bonds is 7. The molecule has 0 atom stereocenters. The van der Waals surface area contributed by atoms with Gasteiger partial charge >= 0.3 is 12.1 Å². The number of alkyl halides is 3. The number of H-pyrrole nitrogens is 1. The molecule has 2 N–H and O–H groups in total. The van der Waals surface area contributed by atoms with Gasteiger partial charge in [0.15, 0.2) is 11.6 Å². The molecule has 0 amide bonds. The first kappa shape index (κ1) is 22.5.